The molecule has 0 fully saturated rings. The van der Waals surface area contributed by atoms with E-state index in [1.165, 1.54) is 0 Å². The molecule has 1 aromatic rings. The number of aliphatic imine (C=N–C) groups is 1. The van der Waals surface area contributed by atoms with E-state index in [1.54, 1.807) is 23.7 Å². The van der Waals surface area contributed by atoms with Gasteiger partial charge in [-0.05, 0) is 6.92 Å². The molecule has 0 bridgehead atoms. The van der Waals surface area contributed by atoms with Crippen LogP contribution in [-0.4, -0.2) is 11.2 Å². The number of rotatable bonds is 0. The summed E-state index contributed by atoms with van der Waals surface area (Å²) in [6.45, 7) is 1.98. The molecule has 3 nitrogen and oxygen atoms in total. The lowest BCUT2D eigenvalue weighted by Gasteiger charge is -1.91. The molecule has 0 atom stereocenters. The summed E-state index contributed by atoms with van der Waals surface area (Å²) in [5.74, 6) is 0.907. The van der Waals surface area contributed by atoms with Crippen molar-refractivity contribution >= 4 is 23.4 Å². The largest absolute Gasteiger partial charge is 0.344 e. The van der Waals surface area contributed by atoms with Crippen LogP contribution in [0.3, 0.4) is 0 Å². The zero-order valence-corrected chi connectivity index (χ0v) is 6.85. The predicted molar refractivity (Wildman–Crippen MR) is 47.2 cm³/mol. The molecular formula is C7H7N3S. The zero-order valence-electron chi connectivity index (χ0n) is 6.03. The second-order valence-corrected chi connectivity index (χ2v) is 3.42. The molecule has 0 unspecified atom stereocenters. The van der Waals surface area contributed by atoms with Crippen LogP contribution in [0.4, 0.5) is 5.82 Å². The maximum Gasteiger partial charge on any atom is 0.150 e. The molecule has 1 aliphatic heterocycles. The van der Waals surface area contributed by atoms with Gasteiger partial charge in [0.15, 0.2) is 0 Å². The van der Waals surface area contributed by atoms with Crippen molar-refractivity contribution in [2.24, 2.45) is 4.99 Å². The molecule has 0 spiro atoms. The minimum Gasteiger partial charge on any atom is -0.344 e. The van der Waals surface area contributed by atoms with Gasteiger partial charge in [-0.2, -0.15) is 0 Å². The molecular weight excluding hydrogens is 158 g/mol. The molecule has 2 rings (SSSR count). The molecule has 4 heteroatoms. The van der Waals surface area contributed by atoms with E-state index in [0.717, 1.165) is 15.7 Å². The first kappa shape index (κ1) is 6.54. The van der Waals surface area contributed by atoms with Gasteiger partial charge in [0.2, 0.25) is 0 Å². The Bertz CT molecular complexity index is 324. The highest BCUT2D eigenvalue weighted by Gasteiger charge is 2.05. The highest BCUT2D eigenvalue weighted by molar-refractivity contribution is 7.13. The van der Waals surface area contributed by atoms with Gasteiger partial charge in [0.1, 0.15) is 5.82 Å². The normalized spacial score (nSPS) is 13.9. The van der Waals surface area contributed by atoms with E-state index in [4.69, 9.17) is 0 Å². The Kier molecular flexibility index (Phi) is 1.47. The van der Waals surface area contributed by atoms with Crippen LogP contribution in [0.1, 0.15) is 9.88 Å². The monoisotopic (exact) mass is 165 g/mol. The van der Waals surface area contributed by atoms with E-state index < -0.39 is 0 Å². The third-order valence-corrected chi connectivity index (χ3v) is 2.24. The Morgan fingerprint density at radius 2 is 2.45 bits per heavy atom. The fraction of sp³-hybridized carbons (Fsp3) is 0.143. The van der Waals surface area contributed by atoms with E-state index in [-0.39, 0.29) is 0 Å². The van der Waals surface area contributed by atoms with Gasteiger partial charge < -0.3 is 5.32 Å². The lowest BCUT2D eigenvalue weighted by atomic mass is 10.5. The van der Waals surface area contributed by atoms with Crippen LogP contribution in [0.15, 0.2) is 17.4 Å². The van der Waals surface area contributed by atoms with Crippen LogP contribution in [0, 0.1) is 6.92 Å². The van der Waals surface area contributed by atoms with Crippen molar-refractivity contribution in [1.29, 1.82) is 0 Å². The smallest absolute Gasteiger partial charge is 0.150 e. The number of nitrogens with zero attached hydrogens (tertiary/aromatic N) is 2. The van der Waals surface area contributed by atoms with Crippen LogP contribution >= 0.6 is 11.3 Å². The Morgan fingerprint density at radius 1 is 1.55 bits per heavy atom. The van der Waals surface area contributed by atoms with Crippen molar-refractivity contribution < 1.29 is 0 Å². The van der Waals surface area contributed by atoms with Gasteiger partial charge in [0.05, 0.1) is 9.88 Å². The van der Waals surface area contributed by atoms with Crippen molar-refractivity contribution in [2.45, 2.75) is 6.92 Å². The molecule has 0 saturated heterocycles. The lowest BCUT2D eigenvalue weighted by Crippen LogP contribution is -1.88. The van der Waals surface area contributed by atoms with E-state index in [1.807, 2.05) is 13.1 Å². The van der Waals surface area contributed by atoms with Gasteiger partial charge in [0, 0.05) is 18.6 Å². The van der Waals surface area contributed by atoms with Crippen molar-refractivity contribution in [3.05, 3.63) is 22.3 Å². The molecule has 0 amide bonds. The minimum absolute atomic E-state index is 0.907. The number of hydrogen-bond acceptors (Lipinski definition) is 4. The Labute approximate surface area is 68.5 Å². The van der Waals surface area contributed by atoms with E-state index in [0.29, 0.717) is 0 Å². The number of hydrogen-bond donors (Lipinski definition) is 1. The van der Waals surface area contributed by atoms with Crippen molar-refractivity contribution in [1.82, 2.24) is 4.98 Å². The first-order valence-corrected chi connectivity index (χ1v) is 4.10. The SMILES string of the molecule is Cc1nc2c(s1)C=NC=CN2. The molecule has 56 valence electrons. The summed E-state index contributed by atoms with van der Waals surface area (Å²) in [7, 11) is 0. The average molecular weight is 165 g/mol. The summed E-state index contributed by atoms with van der Waals surface area (Å²) in [5, 5.41) is 4.10. The number of aryl methyl sites for hydroxylation is 1. The van der Waals surface area contributed by atoms with Gasteiger partial charge in [-0.15, -0.1) is 11.3 Å². The lowest BCUT2D eigenvalue weighted by molar-refractivity contribution is 1.28. The number of thiazole rings is 1. The average Bonchev–Trinajstić information content (AvgIpc) is 2.17. The minimum atomic E-state index is 0.907. The van der Waals surface area contributed by atoms with Crippen LogP contribution in [0.5, 0.6) is 0 Å². The summed E-state index contributed by atoms with van der Waals surface area (Å²) in [5.41, 5.74) is 0. The fourth-order valence-corrected chi connectivity index (χ4v) is 1.67. The Balaban J connectivity index is 2.51. The topological polar surface area (TPSA) is 37.3 Å². The standard InChI is InChI=1S/C7H7N3S/c1-5-10-7-6(11-5)4-8-2-3-9-7/h2-4,9H,1H3. The molecule has 1 aliphatic rings. The fourth-order valence-electron chi connectivity index (χ4n) is 0.904. The van der Waals surface area contributed by atoms with Gasteiger partial charge in [0.25, 0.3) is 0 Å². The summed E-state index contributed by atoms with van der Waals surface area (Å²) in [6, 6.07) is 0. The maximum atomic E-state index is 4.28. The number of fused-ring (bicyclic) bond motifs is 1. The predicted octanol–water partition coefficient (Wildman–Crippen LogP) is 1.77. The third-order valence-electron chi connectivity index (χ3n) is 1.33. The van der Waals surface area contributed by atoms with E-state index in [2.05, 4.69) is 15.3 Å². The summed E-state index contributed by atoms with van der Waals surface area (Å²) < 4.78 is 0. The quantitative estimate of drug-likeness (QED) is 0.636. The van der Waals surface area contributed by atoms with Crippen molar-refractivity contribution in [2.75, 3.05) is 5.32 Å². The maximum absolute atomic E-state index is 4.28. The zero-order chi connectivity index (χ0) is 7.68. The number of anilines is 1. The number of aromatic nitrogens is 1. The second kappa shape index (κ2) is 2.47. The van der Waals surface area contributed by atoms with Crippen LogP contribution in [-0.2, 0) is 0 Å². The molecule has 0 aromatic carbocycles. The van der Waals surface area contributed by atoms with Gasteiger partial charge in [-0.3, -0.25) is 4.99 Å². The molecule has 0 radical (unpaired) electrons. The number of nitrogens with one attached hydrogen (secondary N) is 1. The molecule has 2 heterocycles. The molecule has 1 N–H and O–H groups in total. The summed E-state index contributed by atoms with van der Waals surface area (Å²) >= 11 is 1.64. The molecule has 11 heavy (non-hydrogen) atoms. The van der Waals surface area contributed by atoms with Gasteiger partial charge in [-0.25, -0.2) is 4.98 Å². The first-order chi connectivity index (χ1) is 5.36. The Morgan fingerprint density at radius 3 is 3.36 bits per heavy atom. The highest BCUT2D eigenvalue weighted by Crippen LogP contribution is 2.21. The molecule has 0 aliphatic carbocycles. The Hall–Kier alpha value is -1.16. The van der Waals surface area contributed by atoms with Crippen molar-refractivity contribution in [3.8, 4) is 0 Å². The summed E-state index contributed by atoms with van der Waals surface area (Å²) in [4.78, 5) is 9.39. The highest BCUT2D eigenvalue weighted by atomic mass is 32.1. The third kappa shape index (κ3) is 1.17. The van der Waals surface area contributed by atoms with E-state index >= 15 is 0 Å². The first-order valence-electron chi connectivity index (χ1n) is 3.28. The van der Waals surface area contributed by atoms with E-state index in [9.17, 15) is 0 Å². The van der Waals surface area contributed by atoms with Crippen LogP contribution in [0.25, 0.3) is 0 Å². The van der Waals surface area contributed by atoms with Crippen molar-refractivity contribution in [3.63, 3.8) is 0 Å². The molecule has 1 aromatic heterocycles. The van der Waals surface area contributed by atoms with Crippen LogP contribution < -0.4 is 5.32 Å². The van der Waals surface area contributed by atoms with Gasteiger partial charge >= 0.3 is 0 Å². The molecule has 0 saturated carbocycles. The second-order valence-electron chi connectivity index (χ2n) is 2.18. The van der Waals surface area contributed by atoms with Crippen LogP contribution in [0.2, 0.25) is 0 Å². The van der Waals surface area contributed by atoms with Gasteiger partial charge in [-0.1, -0.05) is 0 Å². The summed E-state index contributed by atoms with van der Waals surface area (Å²) in [6.07, 6.45) is 5.31.